The van der Waals surface area contributed by atoms with Gasteiger partial charge in [-0.05, 0) is 56.9 Å². The maximum absolute atomic E-state index is 12.5. The SMILES string of the molecule is CC(C)(C)OC(=O)N1CC=C(c2cn3ncnc3c(Nc3ccc4c(c3)NC(=O)CCC4)n2)C1. The third-order valence-electron chi connectivity index (χ3n) is 5.66. The molecule has 2 aromatic heterocycles. The van der Waals surface area contributed by atoms with Gasteiger partial charge in [0.2, 0.25) is 5.91 Å². The summed E-state index contributed by atoms with van der Waals surface area (Å²) >= 11 is 0. The van der Waals surface area contributed by atoms with Crippen LogP contribution in [-0.4, -0.2) is 55.2 Å². The zero-order valence-electron chi connectivity index (χ0n) is 19.5. The molecule has 2 amide bonds. The van der Waals surface area contributed by atoms with Gasteiger partial charge in [0, 0.05) is 24.3 Å². The Hall–Kier alpha value is -3.95. The highest BCUT2D eigenvalue weighted by Crippen LogP contribution is 2.29. The van der Waals surface area contributed by atoms with Gasteiger partial charge in [-0.1, -0.05) is 12.1 Å². The van der Waals surface area contributed by atoms with Crippen molar-refractivity contribution in [2.24, 2.45) is 0 Å². The predicted octanol–water partition coefficient (Wildman–Crippen LogP) is 3.78. The maximum atomic E-state index is 12.5. The Labute approximate surface area is 197 Å². The van der Waals surface area contributed by atoms with Crippen molar-refractivity contribution in [2.45, 2.75) is 45.6 Å². The van der Waals surface area contributed by atoms with Crippen LogP contribution in [-0.2, 0) is 16.0 Å². The fourth-order valence-electron chi connectivity index (χ4n) is 4.05. The lowest BCUT2D eigenvalue weighted by Gasteiger charge is -2.24. The van der Waals surface area contributed by atoms with E-state index in [4.69, 9.17) is 9.72 Å². The lowest BCUT2D eigenvalue weighted by molar-refractivity contribution is -0.116. The molecular weight excluding hydrogens is 434 g/mol. The van der Waals surface area contributed by atoms with Crippen LogP contribution in [0, 0.1) is 0 Å². The number of benzene rings is 1. The van der Waals surface area contributed by atoms with Crippen molar-refractivity contribution in [3.05, 3.63) is 48.1 Å². The van der Waals surface area contributed by atoms with Crippen LogP contribution in [0.25, 0.3) is 11.2 Å². The van der Waals surface area contributed by atoms with Crippen LogP contribution in [0.1, 0.15) is 44.9 Å². The van der Waals surface area contributed by atoms with Gasteiger partial charge in [0.25, 0.3) is 0 Å². The second-order valence-corrected chi connectivity index (χ2v) is 9.49. The van der Waals surface area contributed by atoms with Crippen molar-refractivity contribution in [1.82, 2.24) is 24.5 Å². The molecule has 0 fully saturated rings. The maximum Gasteiger partial charge on any atom is 0.410 e. The van der Waals surface area contributed by atoms with E-state index in [9.17, 15) is 9.59 Å². The minimum atomic E-state index is -0.553. The highest BCUT2D eigenvalue weighted by molar-refractivity contribution is 5.93. The third-order valence-corrected chi connectivity index (χ3v) is 5.66. The number of aryl methyl sites for hydroxylation is 1. The van der Waals surface area contributed by atoms with Gasteiger partial charge in [-0.2, -0.15) is 5.10 Å². The summed E-state index contributed by atoms with van der Waals surface area (Å²) < 4.78 is 7.15. The third kappa shape index (κ3) is 4.57. The number of anilines is 3. The van der Waals surface area contributed by atoms with Crippen LogP contribution in [0.2, 0.25) is 0 Å². The molecule has 0 bridgehead atoms. The lowest BCUT2D eigenvalue weighted by atomic mass is 10.1. The Morgan fingerprint density at radius 3 is 2.91 bits per heavy atom. The number of fused-ring (bicyclic) bond motifs is 2. The number of hydrogen-bond acceptors (Lipinski definition) is 7. The van der Waals surface area contributed by atoms with E-state index in [1.54, 1.807) is 15.6 Å². The van der Waals surface area contributed by atoms with Crippen molar-refractivity contribution >= 4 is 40.4 Å². The molecule has 10 heteroatoms. The zero-order chi connectivity index (χ0) is 23.9. The fourth-order valence-corrected chi connectivity index (χ4v) is 4.05. The molecule has 0 atom stereocenters. The number of aromatic nitrogens is 4. The summed E-state index contributed by atoms with van der Waals surface area (Å²) in [5.41, 5.74) is 4.32. The van der Waals surface area contributed by atoms with Gasteiger partial charge in [0.1, 0.15) is 11.9 Å². The summed E-state index contributed by atoms with van der Waals surface area (Å²) in [6, 6.07) is 5.90. The predicted molar refractivity (Wildman–Crippen MR) is 128 cm³/mol. The van der Waals surface area contributed by atoms with Crippen molar-refractivity contribution in [3.63, 3.8) is 0 Å². The summed E-state index contributed by atoms with van der Waals surface area (Å²) in [7, 11) is 0. The zero-order valence-corrected chi connectivity index (χ0v) is 19.5. The summed E-state index contributed by atoms with van der Waals surface area (Å²) in [5.74, 6) is 0.560. The summed E-state index contributed by atoms with van der Waals surface area (Å²) in [6.45, 7) is 6.39. The summed E-state index contributed by atoms with van der Waals surface area (Å²) in [5, 5.41) is 10.6. The van der Waals surface area contributed by atoms with Crippen molar-refractivity contribution < 1.29 is 14.3 Å². The number of amides is 2. The van der Waals surface area contributed by atoms with Crippen LogP contribution in [0.3, 0.4) is 0 Å². The topological polar surface area (TPSA) is 114 Å². The van der Waals surface area contributed by atoms with Crippen LogP contribution in [0.5, 0.6) is 0 Å². The minimum absolute atomic E-state index is 0.0265. The Kier molecular flexibility index (Phi) is 5.43. The van der Waals surface area contributed by atoms with Gasteiger partial charge in [-0.25, -0.2) is 19.3 Å². The lowest BCUT2D eigenvalue weighted by Crippen LogP contribution is -2.35. The molecule has 1 aromatic carbocycles. The monoisotopic (exact) mass is 461 g/mol. The van der Waals surface area contributed by atoms with Gasteiger partial charge in [0.15, 0.2) is 11.5 Å². The molecular formula is C24H27N7O3. The smallest absolute Gasteiger partial charge is 0.410 e. The largest absolute Gasteiger partial charge is 0.444 e. The first-order chi connectivity index (χ1) is 16.2. The van der Waals surface area contributed by atoms with Crippen molar-refractivity contribution in [3.8, 4) is 0 Å². The van der Waals surface area contributed by atoms with E-state index in [1.165, 1.54) is 6.33 Å². The molecule has 0 saturated carbocycles. The number of ether oxygens (including phenoxy) is 1. The molecule has 0 radical (unpaired) electrons. The first-order valence-electron chi connectivity index (χ1n) is 11.3. The Bertz CT molecular complexity index is 1310. The molecule has 34 heavy (non-hydrogen) atoms. The summed E-state index contributed by atoms with van der Waals surface area (Å²) in [4.78, 5) is 35.2. The van der Waals surface area contributed by atoms with E-state index in [1.807, 2.05) is 45.0 Å². The molecule has 3 aromatic rings. The highest BCUT2D eigenvalue weighted by Gasteiger charge is 2.27. The molecule has 0 aliphatic carbocycles. The molecule has 2 N–H and O–H groups in total. The Morgan fingerprint density at radius 2 is 2.09 bits per heavy atom. The molecule has 4 heterocycles. The molecule has 10 nitrogen and oxygen atoms in total. The van der Waals surface area contributed by atoms with Crippen molar-refractivity contribution in [2.75, 3.05) is 23.7 Å². The highest BCUT2D eigenvalue weighted by atomic mass is 16.6. The quantitative estimate of drug-likeness (QED) is 0.610. The van der Waals surface area contributed by atoms with Crippen molar-refractivity contribution in [1.29, 1.82) is 0 Å². The van der Waals surface area contributed by atoms with Gasteiger partial charge in [-0.3, -0.25) is 4.79 Å². The fraction of sp³-hybridized carbons (Fsp3) is 0.375. The van der Waals surface area contributed by atoms with E-state index in [2.05, 4.69) is 20.7 Å². The molecule has 0 spiro atoms. The van der Waals surface area contributed by atoms with E-state index in [0.29, 0.717) is 36.7 Å². The molecule has 5 rings (SSSR count). The van der Waals surface area contributed by atoms with Crippen LogP contribution in [0.4, 0.5) is 22.0 Å². The number of carbonyl (C=O) groups excluding carboxylic acids is 2. The number of nitrogens with one attached hydrogen (secondary N) is 2. The standard InChI is InChI=1S/C24H27N7O3/c1-24(2,3)34-23(33)30-10-9-16(12-30)19-13-31-22(25-14-26-31)21(29-19)27-17-8-7-15-5-4-6-20(32)28-18(15)11-17/h7-9,11,13-14H,4-6,10,12H2,1-3H3,(H,27,29)(H,28,32). The Balaban J connectivity index is 1.40. The first-order valence-corrected chi connectivity index (χ1v) is 11.3. The van der Waals surface area contributed by atoms with Gasteiger partial charge < -0.3 is 20.3 Å². The number of nitrogens with zero attached hydrogens (tertiary/aromatic N) is 5. The average Bonchev–Trinajstić information content (AvgIpc) is 3.40. The van der Waals surface area contributed by atoms with Crippen LogP contribution >= 0.6 is 0 Å². The second kappa shape index (κ2) is 8.44. The Morgan fingerprint density at radius 1 is 1.24 bits per heavy atom. The normalized spacial score (nSPS) is 16.0. The molecule has 176 valence electrons. The van der Waals surface area contributed by atoms with E-state index in [-0.39, 0.29) is 12.0 Å². The van der Waals surface area contributed by atoms with E-state index >= 15 is 0 Å². The number of rotatable bonds is 3. The van der Waals surface area contributed by atoms with Crippen LogP contribution in [0.15, 0.2) is 36.8 Å². The van der Waals surface area contributed by atoms with Gasteiger partial charge >= 0.3 is 6.09 Å². The molecule has 2 aliphatic rings. The van der Waals surface area contributed by atoms with Crippen LogP contribution < -0.4 is 10.6 Å². The number of hydrogen-bond donors (Lipinski definition) is 2. The van der Waals surface area contributed by atoms with Gasteiger partial charge in [0.05, 0.1) is 18.4 Å². The first kappa shape index (κ1) is 21.9. The van der Waals surface area contributed by atoms with Gasteiger partial charge in [-0.15, -0.1) is 0 Å². The molecule has 2 aliphatic heterocycles. The van der Waals surface area contributed by atoms with E-state index < -0.39 is 5.60 Å². The molecule has 0 unspecified atom stereocenters. The van der Waals surface area contributed by atoms with E-state index in [0.717, 1.165) is 35.4 Å². The average molecular weight is 462 g/mol. The number of carbonyl (C=O) groups is 2. The minimum Gasteiger partial charge on any atom is -0.444 e. The molecule has 0 saturated heterocycles. The second-order valence-electron chi connectivity index (χ2n) is 9.49. The summed E-state index contributed by atoms with van der Waals surface area (Å²) in [6.07, 6.45) is 7.11.